The van der Waals surface area contributed by atoms with Crippen LogP contribution in [0.3, 0.4) is 0 Å². The Morgan fingerprint density at radius 3 is 2.00 bits per heavy atom. The third-order valence-electron chi connectivity index (χ3n) is 6.72. The molecule has 2 aliphatic heterocycles. The molecule has 5 nitrogen and oxygen atoms in total. The summed E-state index contributed by atoms with van der Waals surface area (Å²) in [6.07, 6.45) is 1.20. The Bertz CT molecular complexity index is 1000. The fraction of sp³-hybridized carbons (Fsp3) is 0.680. The SMILES string of the molecule is CC(C)c1cc(C(C)C)c([C@H](C)O[C@@H]2CCN3CC=C(OS(=O)(=O)C(F)(F)F)[C@H]23)c(C(C)C)c1. The lowest BCUT2D eigenvalue weighted by Gasteiger charge is -2.30. The van der Waals surface area contributed by atoms with Crippen molar-refractivity contribution >= 4 is 10.1 Å². The van der Waals surface area contributed by atoms with Crippen LogP contribution < -0.4 is 0 Å². The lowest BCUT2D eigenvalue weighted by Crippen LogP contribution is -2.37. The van der Waals surface area contributed by atoms with Crippen molar-refractivity contribution in [2.45, 2.75) is 96.4 Å². The minimum absolute atomic E-state index is 0.199. The molecule has 1 saturated heterocycles. The molecule has 9 heteroatoms. The molecule has 0 spiro atoms. The van der Waals surface area contributed by atoms with E-state index in [4.69, 9.17) is 4.74 Å². The monoisotopic (exact) mass is 503 g/mol. The molecule has 1 aromatic carbocycles. The maximum Gasteiger partial charge on any atom is 0.534 e. The number of fused-ring (bicyclic) bond motifs is 1. The second-order valence-corrected chi connectivity index (χ2v) is 11.7. The van der Waals surface area contributed by atoms with Crippen molar-refractivity contribution in [1.82, 2.24) is 4.90 Å². The first-order valence-electron chi connectivity index (χ1n) is 11.9. The van der Waals surface area contributed by atoms with Gasteiger partial charge in [0.25, 0.3) is 0 Å². The molecule has 0 unspecified atom stereocenters. The highest BCUT2D eigenvalue weighted by atomic mass is 32.2. The molecule has 0 radical (unpaired) electrons. The molecule has 34 heavy (non-hydrogen) atoms. The fourth-order valence-corrected chi connectivity index (χ4v) is 5.45. The molecule has 3 rings (SSSR count). The van der Waals surface area contributed by atoms with Gasteiger partial charge in [0.15, 0.2) is 0 Å². The summed E-state index contributed by atoms with van der Waals surface area (Å²) in [5, 5.41) is 0. The van der Waals surface area contributed by atoms with Gasteiger partial charge < -0.3 is 8.92 Å². The normalized spacial score (nSPS) is 22.6. The molecule has 0 aliphatic carbocycles. The number of hydrogen-bond donors (Lipinski definition) is 0. The molecule has 1 fully saturated rings. The zero-order valence-corrected chi connectivity index (χ0v) is 21.8. The van der Waals surface area contributed by atoms with Crippen LogP contribution in [0.2, 0.25) is 0 Å². The number of nitrogens with zero attached hydrogens (tertiary/aromatic N) is 1. The summed E-state index contributed by atoms with van der Waals surface area (Å²) >= 11 is 0. The van der Waals surface area contributed by atoms with E-state index in [-0.39, 0.29) is 23.7 Å². The first-order valence-corrected chi connectivity index (χ1v) is 13.3. The lowest BCUT2D eigenvalue weighted by molar-refractivity contribution is -0.0543. The zero-order valence-electron chi connectivity index (χ0n) is 20.9. The van der Waals surface area contributed by atoms with E-state index in [0.717, 1.165) is 5.56 Å². The van der Waals surface area contributed by atoms with Gasteiger partial charge in [-0.25, -0.2) is 0 Å². The summed E-state index contributed by atoms with van der Waals surface area (Å²) in [6.45, 7) is 15.8. The largest absolute Gasteiger partial charge is 0.534 e. The Kier molecular flexibility index (Phi) is 7.80. The van der Waals surface area contributed by atoms with Crippen LogP contribution in [0.5, 0.6) is 0 Å². The Morgan fingerprint density at radius 1 is 0.971 bits per heavy atom. The summed E-state index contributed by atoms with van der Waals surface area (Å²) in [5.41, 5.74) is -0.687. The minimum Gasteiger partial charge on any atom is -0.379 e. The predicted molar refractivity (Wildman–Crippen MR) is 126 cm³/mol. The van der Waals surface area contributed by atoms with E-state index >= 15 is 0 Å². The summed E-state index contributed by atoms with van der Waals surface area (Å²) in [5.74, 6) is 0.706. The molecule has 3 atom stereocenters. The summed E-state index contributed by atoms with van der Waals surface area (Å²) < 4.78 is 73.0. The van der Waals surface area contributed by atoms with Gasteiger partial charge in [-0.1, -0.05) is 53.7 Å². The second-order valence-electron chi connectivity index (χ2n) is 10.2. The van der Waals surface area contributed by atoms with Gasteiger partial charge in [-0.15, -0.1) is 0 Å². The fourth-order valence-electron chi connectivity index (χ4n) is 4.93. The van der Waals surface area contributed by atoms with Crippen molar-refractivity contribution < 1.29 is 30.5 Å². The van der Waals surface area contributed by atoms with Crippen molar-refractivity contribution in [3.63, 3.8) is 0 Å². The Labute approximate surface area is 201 Å². The van der Waals surface area contributed by atoms with E-state index in [0.29, 0.717) is 25.4 Å². The standard InChI is InChI=1S/C25H36F3NO4S/c1-14(2)18-12-19(15(3)4)23(20(13-18)16(5)6)17(7)32-21-8-10-29-11-9-22(24(21)29)33-34(30,31)25(26,27)28/h9,12-17,21,24H,8,10-11H2,1-7H3/t17-,21+,24-/m0/s1. The third-order valence-corrected chi connectivity index (χ3v) is 7.70. The van der Waals surface area contributed by atoms with Gasteiger partial charge in [-0.3, -0.25) is 4.90 Å². The van der Waals surface area contributed by atoms with Crippen LogP contribution in [0.4, 0.5) is 13.2 Å². The van der Waals surface area contributed by atoms with E-state index in [9.17, 15) is 21.6 Å². The van der Waals surface area contributed by atoms with Crippen molar-refractivity contribution in [2.75, 3.05) is 13.1 Å². The smallest absolute Gasteiger partial charge is 0.379 e. The van der Waals surface area contributed by atoms with E-state index in [1.54, 1.807) is 0 Å². The van der Waals surface area contributed by atoms with Crippen LogP contribution in [-0.4, -0.2) is 44.1 Å². The number of benzene rings is 1. The first kappa shape index (κ1) is 27.0. The van der Waals surface area contributed by atoms with E-state index < -0.39 is 27.8 Å². The molecular formula is C25H36F3NO4S. The van der Waals surface area contributed by atoms with E-state index in [1.165, 1.54) is 22.8 Å². The maximum absolute atomic E-state index is 12.9. The number of ether oxygens (including phenoxy) is 1. The van der Waals surface area contributed by atoms with Crippen LogP contribution in [0.15, 0.2) is 24.0 Å². The molecule has 0 saturated carbocycles. The quantitative estimate of drug-likeness (QED) is 0.306. The van der Waals surface area contributed by atoms with Crippen LogP contribution in [-0.2, 0) is 19.0 Å². The molecule has 0 aromatic heterocycles. The first-order chi connectivity index (χ1) is 15.6. The molecule has 0 amide bonds. The predicted octanol–water partition coefficient (Wildman–Crippen LogP) is 6.34. The van der Waals surface area contributed by atoms with Gasteiger partial charge in [-0.2, -0.15) is 21.6 Å². The summed E-state index contributed by atoms with van der Waals surface area (Å²) in [7, 11) is -5.72. The van der Waals surface area contributed by atoms with E-state index in [2.05, 4.69) is 57.9 Å². The highest BCUT2D eigenvalue weighted by Gasteiger charge is 2.52. The van der Waals surface area contributed by atoms with Gasteiger partial charge in [0.1, 0.15) is 5.76 Å². The zero-order chi connectivity index (χ0) is 25.6. The average molecular weight is 504 g/mol. The second kappa shape index (κ2) is 9.82. The molecule has 2 aliphatic rings. The Hall–Kier alpha value is -1.58. The van der Waals surface area contributed by atoms with Crippen molar-refractivity contribution in [3.05, 3.63) is 46.2 Å². The molecule has 192 valence electrons. The van der Waals surface area contributed by atoms with Crippen molar-refractivity contribution in [3.8, 4) is 0 Å². The minimum atomic E-state index is -5.72. The van der Waals surface area contributed by atoms with Gasteiger partial charge in [0.05, 0.1) is 18.2 Å². The number of rotatable bonds is 8. The Morgan fingerprint density at radius 2 is 1.53 bits per heavy atom. The van der Waals surface area contributed by atoms with E-state index in [1.807, 2.05) is 11.8 Å². The molecule has 0 N–H and O–H groups in total. The number of halogens is 3. The molecule has 2 heterocycles. The average Bonchev–Trinajstić information content (AvgIpc) is 3.29. The van der Waals surface area contributed by atoms with Crippen molar-refractivity contribution in [2.24, 2.45) is 0 Å². The lowest BCUT2D eigenvalue weighted by atomic mass is 9.82. The highest BCUT2D eigenvalue weighted by Crippen LogP contribution is 2.41. The van der Waals surface area contributed by atoms with Gasteiger partial charge in [0.2, 0.25) is 0 Å². The molecular weight excluding hydrogens is 467 g/mol. The highest BCUT2D eigenvalue weighted by molar-refractivity contribution is 7.87. The Balaban J connectivity index is 1.91. The van der Waals surface area contributed by atoms with Crippen LogP contribution in [0.25, 0.3) is 0 Å². The van der Waals surface area contributed by atoms with Crippen LogP contribution >= 0.6 is 0 Å². The number of alkyl halides is 3. The van der Waals surface area contributed by atoms with Crippen LogP contribution in [0.1, 0.15) is 101 Å². The van der Waals surface area contributed by atoms with Crippen molar-refractivity contribution in [1.29, 1.82) is 0 Å². The summed E-state index contributed by atoms with van der Waals surface area (Å²) in [4.78, 5) is 1.90. The van der Waals surface area contributed by atoms with Crippen LogP contribution in [0, 0.1) is 0 Å². The van der Waals surface area contributed by atoms with Gasteiger partial charge >= 0.3 is 15.6 Å². The molecule has 1 aromatic rings. The summed E-state index contributed by atoms with van der Waals surface area (Å²) in [6, 6.07) is 3.81. The maximum atomic E-state index is 12.9. The molecule has 0 bridgehead atoms. The third kappa shape index (κ3) is 5.31. The van der Waals surface area contributed by atoms with Gasteiger partial charge in [-0.05, 0) is 59.4 Å². The number of hydrogen-bond acceptors (Lipinski definition) is 5. The topological polar surface area (TPSA) is 55.8 Å². The van der Waals surface area contributed by atoms with Gasteiger partial charge in [0, 0.05) is 13.1 Å².